The Kier molecular flexibility index (Phi) is 4.80. The van der Waals surface area contributed by atoms with Crippen LogP contribution in [0.15, 0.2) is 36.4 Å². The number of anilines is 1. The van der Waals surface area contributed by atoms with Crippen LogP contribution in [0.25, 0.3) is 0 Å². The summed E-state index contributed by atoms with van der Waals surface area (Å²) >= 11 is 0. The first-order valence-electron chi connectivity index (χ1n) is 7.00. The molecule has 0 aliphatic rings. The van der Waals surface area contributed by atoms with Crippen molar-refractivity contribution in [2.75, 3.05) is 11.9 Å². The van der Waals surface area contributed by atoms with Crippen molar-refractivity contribution in [3.63, 3.8) is 0 Å². The molecule has 0 fully saturated rings. The van der Waals surface area contributed by atoms with Gasteiger partial charge in [-0.2, -0.15) is 5.26 Å². The van der Waals surface area contributed by atoms with Gasteiger partial charge in [0.25, 0.3) is 5.91 Å². The Bertz CT molecular complexity index is 728. The van der Waals surface area contributed by atoms with Gasteiger partial charge in [0.1, 0.15) is 5.75 Å². The van der Waals surface area contributed by atoms with Gasteiger partial charge in [-0.3, -0.25) is 4.79 Å². The number of nitriles is 1. The number of carbonyl (C=O) groups excluding carboxylic acids is 1. The molecule has 1 amide bonds. The van der Waals surface area contributed by atoms with E-state index in [-0.39, 0.29) is 12.5 Å². The molecule has 4 heteroatoms. The lowest BCUT2D eigenvalue weighted by Crippen LogP contribution is -2.20. The van der Waals surface area contributed by atoms with E-state index in [9.17, 15) is 4.79 Å². The van der Waals surface area contributed by atoms with Crippen LogP contribution in [0, 0.1) is 32.1 Å². The fourth-order valence-electron chi connectivity index (χ4n) is 2.12. The van der Waals surface area contributed by atoms with Crippen molar-refractivity contribution in [1.82, 2.24) is 0 Å². The van der Waals surface area contributed by atoms with Crippen molar-refractivity contribution in [2.24, 2.45) is 0 Å². The quantitative estimate of drug-likeness (QED) is 0.938. The normalized spacial score (nSPS) is 9.91. The van der Waals surface area contributed by atoms with E-state index in [4.69, 9.17) is 10.00 Å². The molecular weight excluding hydrogens is 276 g/mol. The van der Waals surface area contributed by atoms with Crippen LogP contribution in [-0.2, 0) is 4.79 Å². The minimum atomic E-state index is -0.233. The van der Waals surface area contributed by atoms with Crippen LogP contribution >= 0.6 is 0 Å². The van der Waals surface area contributed by atoms with Gasteiger partial charge in [-0.25, -0.2) is 0 Å². The highest BCUT2D eigenvalue weighted by molar-refractivity contribution is 5.91. The molecule has 0 atom stereocenters. The molecule has 0 bridgehead atoms. The molecule has 1 N–H and O–H groups in total. The van der Waals surface area contributed by atoms with Gasteiger partial charge in [0.15, 0.2) is 6.61 Å². The molecule has 0 aliphatic carbocycles. The number of rotatable bonds is 4. The summed E-state index contributed by atoms with van der Waals surface area (Å²) in [6.07, 6.45) is 0. The van der Waals surface area contributed by atoms with Crippen LogP contribution in [0.3, 0.4) is 0 Å². The lowest BCUT2D eigenvalue weighted by Gasteiger charge is -2.12. The molecule has 4 nitrogen and oxygen atoms in total. The van der Waals surface area contributed by atoms with E-state index in [1.165, 1.54) is 0 Å². The fourth-order valence-corrected chi connectivity index (χ4v) is 2.12. The van der Waals surface area contributed by atoms with E-state index in [0.717, 1.165) is 22.4 Å². The number of amides is 1. The number of carbonyl (C=O) groups is 1. The molecule has 0 aromatic heterocycles. The number of benzene rings is 2. The van der Waals surface area contributed by atoms with Crippen molar-refractivity contribution in [3.8, 4) is 11.8 Å². The summed E-state index contributed by atoms with van der Waals surface area (Å²) in [4.78, 5) is 11.9. The number of hydrogen-bond donors (Lipinski definition) is 1. The molecular formula is C18H18N2O2. The van der Waals surface area contributed by atoms with E-state index in [1.54, 1.807) is 24.3 Å². The van der Waals surface area contributed by atoms with Crippen LogP contribution in [0.2, 0.25) is 0 Å². The maximum Gasteiger partial charge on any atom is 0.262 e. The van der Waals surface area contributed by atoms with Crippen molar-refractivity contribution >= 4 is 11.6 Å². The second-order valence-electron chi connectivity index (χ2n) is 5.23. The molecule has 22 heavy (non-hydrogen) atoms. The Morgan fingerprint density at radius 2 is 1.86 bits per heavy atom. The fraction of sp³-hybridized carbons (Fsp3) is 0.222. The molecule has 0 spiro atoms. The van der Waals surface area contributed by atoms with Gasteiger partial charge in [0.2, 0.25) is 0 Å². The van der Waals surface area contributed by atoms with Gasteiger partial charge in [-0.1, -0.05) is 6.07 Å². The van der Waals surface area contributed by atoms with Gasteiger partial charge < -0.3 is 10.1 Å². The molecule has 2 aromatic carbocycles. The smallest absolute Gasteiger partial charge is 0.262 e. The third kappa shape index (κ3) is 3.86. The van der Waals surface area contributed by atoms with E-state index in [2.05, 4.69) is 11.4 Å². The molecule has 0 aliphatic heterocycles. The zero-order valence-electron chi connectivity index (χ0n) is 12.9. The number of nitrogens with zero attached hydrogens (tertiary/aromatic N) is 1. The Hall–Kier alpha value is -2.80. The Balaban J connectivity index is 1.97. The topological polar surface area (TPSA) is 62.1 Å². The summed E-state index contributed by atoms with van der Waals surface area (Å²) in [6.45, 7) is 5.94. The molecule has 0 unspecified atom stereocenters. The first-order chi connectivity index (χ1) is 10.5. The van der Waals surface area contributed by atoms with Gasteiger partial charge >= 0.3 is 0 Å². The highest BCUT2D eigenvalue weighted by Gasteiger charge is 2.08. The maximum absolute atomic E-state index is 11.9. The van der Waals surface area contributed by atoms with E-state index < -0.39 is 0 Å². The summed E-state index contributed by atoms with van der Waals surface area (Å²) in [6, 6.07) is 12.7. The lowest BCUT2D eigenvalue weighted by molar-refractivity contribution is -0.118. The minimum Gasteiger partial charge on any atom is -0.483 e. The maximum atomic E-state index is 11.9. The third-order valence-corrected chi connectivity index (χ3v) is 3.42. The summed E-state index contributed by atoms with van der Waals surface area (Å²) in [7, 11) is 0. The predicted octanol–water partition coefficient (Wildman–Crippen LogP) is 3.50. The predicted molar refractivity (Wildman–Crippen MR) is 85.9 cm³/mol. The van der Waals surface area contributed by atoms with E-state index in [1.807, 2.05) is 32.9 Å². The third-order valence-electron chi connectivity index (χ3n) is 3.42. The van der Waals surface area contributed by atoms with Crippen LogP contribution < -0.4 is 10.1 Å². The average Bonchev–Trinajstić information content (AvgIpc) is 2.50. The van der Waals surface area contributed by atoms with E-state index >= 15 is 0 Å². The SMILES string of the molecule is Cc1cc(C)c(C)c(OCC(=O)Nc2ccc(C#N)cc2)c1. The van der Waals surface area contributed by atoms with Crippen molar-refractivity contribution < 1.29 is 9.53 Å². The standard InChI is InChI=1S/C18H18N2O2/c1-12-8-13(2)14(3)17(9-12)22-11-18(21)20-16-6-4-15(10-19)5-7-16/h4-9H,11H2,1-3H3,(H,20,21). The number of nitrogens with one attached hydrogen (secondary N) is 1. The zero-order valence-corrected chi connectivity index (χ0v) is 12.9. The number of ether oxygens (including phenoxy) is 1. The molecule has 2 aromatic rings. The summed E-state index contributed by atoms with van der Waals surface area (Å²) in [5.41, 5.74) is 4.48. The monoisotopic (exact) mass is 294 g/mol. The second-order valence-corrected chi connectivity index (χ2v) is 5.23. The van der Waals surface area contributed by atoms with Crippen molar-refractivity contribution in [1.29, 1.82) is 5.26 Å². The Labute approximate surface area is 130 Å². The first kappa shape index (κ1) is 15.6. The second kappa shape index (κ2) is 6.77. The molecule has 0 saturated heterocycles. The summed E-state index contributed by atoms with van der Waals surface area (Å²) < 4.78 is 5.61. The van der Waals surface area contributed by atoms with Gasteiger partial charge in [-0.05, 0) is 67.8 Å². The molecule has 2 rings (SSSR count). The van der Waals surface area contributed by atoms with Crippen LogP contribution in [0.1, 0.15) is 22.3 Å². The van der Waals surface area contributed by atoms with Gasteiger partial charge in [-0.15, -0.1) is 0 Å². The van der Waals surface area contributed by atoms with Crippen LogP contribution in [0.5, 0.6) is 5.75 Å². The van der Waals surface area contributed by atoms with Gasteiger partial charge in [0, 0.05) is 5.69 Å². The van der Waals surface area contributed by atoms with Crippen molar-refractivity contribution in [2.45, 2.75) is 20.8 Å². The first-order valence-corrected chi connectivity index (χ1v) is 7.00. The molecule has 0 radical (unpaired) electrons. The summed E-state index contributed by atoms with van der Waals surface area (Å²) in [5.74, 6) is 0.496. The van der Waals surface area contributed by atoms with Crippen LogP contribution in [0.4, 0.5) is 5.69 Å². The molecule has 0 heterocycles. The number of aryl methyl sites for hydroxylation is 2. The highest BCUT2D eigenvalue weighted by atomic mass is 16.5. The minimum absolute atomic E-state index is 0.0519. The average molecular weight is 294 g/mol. The molecule has 0 saturated carbocycles. The van der Waals surface area contributed by atoms with Crippen molar-refractivity contribution in [3.05, 3.63) is 58.7 Å². The molecule has 112 valence electrons. The number of hydrogen-bond acceptors (Lipinski definition) is 3. The van der Waals surface area contributed by atoms with Crippen LogP contribution in [-0.4, -0.2) is 12.5 Å². The highest BCUT2D eigenvalue weighted by Crippen LogP contribution is 2.23. The zero-order chi connectivity index (χ0) is 16.1. The van der Waals surface area contributed by atoms with Gasteiger partial charge in [0.05, 0.1) is 11.6 Å². The Morgan fingerprint density at radius 3 is 2.50 bits per heavy atom. The largest absolute Gasteiger partial charge is 0.483 e. The summed E-state index contributed by atoms with van der Waals surface area (Å²) in [5, 5.41) is 11.5. The Morgan fingerprint density at radius 1 is 1.18 bits per heavy atom. The van der Waals surface area contributed by atoms with E-state index in [0.29, 0.717) is 11.3 Å². The lowest BCUT2D eigenvalue weighted by atomic mass is 10.1.